The molecule has 3 heteroatoms. The van der Waals surface area contributed by atoms with E-state index in [4.69, 9.17) is 4.43 Å². The predicted molar refractivity (Wildman–Crippen MR) is 131 cm³/mol. The quantitative estimate of drug-likeness (QED) is 0.309. The maximum Gasteiger partial charge on any atom is 0.242 e. The van der Waals surface area contributed by atoms with Gasteiger partial charge in [-0.2, -0.15) is 5.26 Å². The molecule has 0 aliphatic heterocycles. The van der Waals surface area contributed by atoms with Crippen LogP contribution in [0.25, 0.3) is 33.4 Å². The fourth-order valence-corrected chi connectivity index (χ4v) is 4.64. The summed E-state index contributed by atoms with van der Waals surface area (Å²) in [6.45, 7) is 6.43. The van der Waals surface area contributed by atoms with E-state index in [2.05, 4.69) is 68.2 Å². The van der Waals surface area contributed by atoms with Crippen molar-refractivity contribution < 1.29 is 4.43 Å². The summed E-state index contributed by atoms with van der Waals surface area (Å²) in [7, 11) is -1.94. The van der Waals surface area contributed by atoms with E-state index in [1.165, 1.54) is 0 Å². The summed E-state index contributed by atoms with van der Waals surface area (Å²) in [6, 6.07) is 35.3. The van der Waals surface area contributed by atoms with Crippen molar-refractivity contribution in [3.05, 3.63) is 103 Å². The monoisotopic (exact) mass is 419 g/mol. The minimum absolute atomic E-state index is 0.590. The Hall–Kier alpha value is -3.61. The van der Waals surface area contributed by atoms with Crippen molar-refractivity contribution >= 4 is 8.32 Å². The molecule has 0 amide bonds. The molecule has 2 nitrogen and oxygen atoms in total. The van der Waals surface area contributed by atoms with Crippen LogP contribution in [0, 0.1) is 11.3 Å². The number of benzene rings is 4. The van der Waals surface area contributed by atoms with Crippen LogP contribution in [0.5, 0.6) is 5.75 Å². The van der Waals surface area contributed by atoms with Crippen LogP contribution in [0.3, 0.4) is 0 Å². The topological polar surface area (TPSA) is 33.0 Å². The molecule has 0 N–H and O–H groups in total. The molecule has 0 saturated carbocycles. The maximum absolute atomic E-state index is 10.3. The zero-order valence-electron chi connectivity index (χ0n) is 18.1. The van der Waals surface area contributed by atoms with Gasteiger partial charge >= 0.3 is 0 Å². The van der Waals surface area contributed by atoms with E-state index in [0.717, 1.165) is 33.4 Å². The summed E-state index contributed by atoms with van der Waals surface area (Å²) < 4.78 is 6.46. The van der Waals surface area contributed by atoms with Crippen LogP contribution in [0.1, 0.15) is 5.56 Å². The summed E-state index contributed by atoms with van der Waals surface area (Å²) in [5, 5.41) is 10.3. The van der Waals surface area contributed by atoms with Crippen LogP contribution in [0.15, 0.2) is 97.1 Å². The molecular formula is C28H25NOSi. The maximum atomic E-state index is 10.3. The second kappa shape index (κ2) is 8.63. The lowest BCUT2D eigenvalue weighted by Crippen LogP contribution is -2.29. The molecule has 4 aromatic rings. The summed E-state index contributed by atoms with van der Waals surface area (Å²) in [4.78, 5) is 0. The summed E-state index contributed by atoms with van der Waals surface area (Å²) in [5.74, 6) is 0.666. The van der Waals surface area contributed by atoms with Gasteiger partial charge in [0.25, 0.3) is 0 Å². The number of nitrogens with zero attached hydrogens (tertiary/aromatic N) is 1. The van der Waals surface area contributed by atoms with Gasteiger partial charge in [0.1, 0.15) is 17.4 Å². The fourth-order valence-electron chi connectivity index (χ4n) is 3.82. The van der Waals surface area contributed by atoms with E-state index in [1.54, 1.807) is 0 Å². The van der Waals surface area contributed by atoms with Gasteiger partial charge in [-0.3, -0.25) is 0 Å². The van der Waals surface area contributed by atoms with Crippen LogP contribution in [-0.2, 0) is 0 Å². The molecular weight excluding hydrogens is 394 g/mol. The molecule has 0 radical (unpaired) electrons. The standard InChI is InChI=1S/C28H25NOSi/c1-31(2,3)30-26-19-24(21-13-7-4-8-14-21)27(22-15-9-5-10-16-22)28(25(26)20-29)23-17-11-6-12-18-23/h4-19H,1-3H3. The molecule has 4 aromatic carbocycles. The van der Waals surface area contributed by atoms with Gasteiger partial charge in [-0.25, -0.2) is 0 Å². The lowest BCUT2D eigenvalue weighted by Gasteiger charge is -2.25. The summed E-state index contributed by atoms with van der Waals surface area (Å²) in [5.41, 5.74) is 6.82. The van der Waals surface area contributed by atoms with E-state index >= 15 is 0 Å². The molecule has 0 saturated heterocycles. The van der Waals surface area contributed by atoms with Crippen LogP contribution in [0.4, 0.5) is 0 Å². The molecule has 0 bridgehead atoms. The predicted octanol–water partition coefficient (Wildman–Crippen LogP) is 7.77. The van der Waals surface area contributed by atoms with Crippen LogP contribution in [-0.4, -0.2) is 8.32 Å². The van der Waals surface area contributed by atoms with Crippen LogP contribution >= 0.6 is 0 Å². The normalized spacial score (nSPS) is 11.0. The van der Waals surface area contributed by atoms with Crippen molar-refractivity contribution in [1.29, 1.82) is 5.26 Å². The Balaban J connectivity index is 2.16. The molecule has 0 aromatic heterocycles. The van der Waals surface area contributed by atoms with Gasteiger partial charge in [0.05, 0.1) is 0 Å². The Morgan fingerprint density at radius 2 is 1.10 bits per heavy atom. The van der Waals surface area contributed by atoms with Gasteiger partial charge in [0.15, 0.2) is 0 Å². The van der Waals surface area contributed by atoms with E-state index in [-0.39, 0.29) is 0 Å². The summed E-state index contributed by atoms with van der Waals surface area (Å²) in [6.07, 6.45) is 0. The summed E-state index contributed by atoms with van der Waals surface area (Å²) >= 11 is 0. The largest absolute Gasteiger partial charge is 0.543 e. The zero-order valence-corrected chi connectivity index (χ0v) is 19.1. The average molecular weight is 420 g/mol. The van der Waals surface area contributed by atoms with Crippen LogP contribution < -0.4 is 4.43 Å². The fraction of sp³-hybridized carbons (Fsp3) is 0.107. The van der Waals surface area contributed by atoms with Gasteiger partial charge < -0.3 is 4.43 Å². The van der Waals surface area contributed by atoms with E-state index in [9.17, 15) is 5.26 Å². The van der Waals surface area contributed by atoms with E-state index in [1.807, 2.05) is 54.6 Å². The minimum atomic E-state index is -1.94. The molecule has 152 valence electrons. The first-order chi connectivity index (χ1) is 15.0. The molecule has 0 spiro atoms. The first-order valence-corrected chi connectivity index (χ1v) is 13.8. The van der Waals surface area contributed by atoms with Gasteiger partial charge in [0, 0.05) is 5.56 Å². The Bertz CT molecular complexity index is 1220. The molecule has 0 atom stereocenters. The van der Waals surface area contributed by atoms with Crippen LogP contribution in [0.2, 0.25) is 19.6 Å². The molecule has 0 aliphatic carbocycles. The van der Waals surface area contributed by atoms with E-state index < -0.39 is 8.32 Å². The van der Waals surface area contributed by atoms with Gasteiger partial charge in [-0.1, -0.05) is 91.0 Å². The Morgan fingerprint density at radius 3 is 1.55 bits per heavy atom. The molecule has 0 fully saturated rings. The molecule has 31 heavy (non-hydrogen) atoms. The highest BCUT2D eigenvalue weighted by molar-refractivity contribution is 6.70. The number of hydrogen-bond acceptors (Lipinski definition) is 2. The highest BCUT2D eigenvalue weighted by atomic mass is 28.4. The lowest BCUT2D eigenvalue weighted by molar-refractivity contribution is 0.556. The number of nitriles is 1. The third kappa shape index (κ3) is 4.45. The Kier molecular flexibility index (Phi) is 5.75. The smallest absolute Gasteiger partial charge is 0.242 e. The number of hydrogen-bond donors (Lipinski definition) is 0. The van der Waals surface area contributed by atoms with Gasteiger partial charge in [-0.05, 0) is 53.5 Å². The van der Waals surface area contributed by atoms with Crippen molar-refractivity contribution in [3.63, 3.8) is 0 Å². The molecule has 0 heterocycles. The van der Waals surface area contributed by atoms with Gasteiger partial charge in [0.2, 0.25) is 8.32 Å². The zero-order chi connectivity index (χ0) is 21.8. The Labute approximate surface area is 185 Å². The van der Waals surface area contributed by atoms with Crippen molar-refractivity contribution in [1.82, 2.24) is 0 Å². The second-order valence-electron chi connectivity index (χ2n) is 8.47. The Morgan fingerprint density at radius 1 is 0.645 bits per heavy atom. The highest BCUT2D eigenvalue weighted by Gasteiger charge is 2.25. The molecule has 0 unspecified atom stereocenters. The average Bonchev–Trinajstić information content (AvgIpc) is 2.79. The third-order valence-electron chi connectivity index (χ3n) is 5.03. The van der Waals surface area contributed by atoms with Crippen molar-refractivity contribution in [2.24, 2.45) is 0 Å². The van der Waals surface area contributed by atoms with Crippen molar-refractivity contribution in [2.45, 2.75) is 19.6 Å². The first-order valence-electron chi connectivity index (χ1n) is 10.4. The third-order valence-corrected chi connectivity index (χ3v) is 5.86. The van der Waals surface area contributed by atoms with E-state index in [0.29, 0.717) is 11.3 Å². The SMILES string of the molecule is C[Si](C)(C)Oc1cc(-c2ccccc2)c(-c2ccccc2)c(-c2ccccc2)c1C#N. The first kappa shape index (κ1) is 20.7. The van der Waals surface area contributed by atoms with Crippen molar-refractivity contribution in [3.8, 4) is 45.2 Å². The lowest BCUT2D eigenvalue weighted by atomic mass is 9.84. The minimum Gasteiger partial charge on any atom is -0.543 e. The highest BCUT2D eigenvalue weighted by Crippen LogP contribution is 2.46. The molecule has 4 rings (SSSR count). The second-order valence-corrected chi connectivity index (χ2v) is 12.9. The van der Waals surface area contributed by atoms with Gasteiger partial charge in [-0.15, -0.1) is 0 Å². The van der Waals surface area contributed by atoms with Crippen molar-refractivity contribution in [2.75, 3.05) is 0 Å². The molecule has 0 aliphatic rings. The number of rotatable bonds is 5.